The number of aromatic hydroxyl groups is 1. The van der Waals surface area contributed by atoms with Gasteiger partial charge in [-0.15, -0.1) is 0 Å². The van der Waals surface area contributed by atoms with Crippen LogP contribution in [0.5, 0.6) is 11.5 Å². The first-order valence-electron chi connectivity index (χ1n) is 8.17. The van der Waals surface area contributed by atoms with Gasteiger partial charge in [-0.05, 0) is 42.8 Å². The van der Waals surface area contributed by atoms with Crippen LogP contribution in [0.2, 0.25) is 0 Å². The number of rotatable bonds is 5. The predicted octanol–water partition coefficient (Wildman–Crippen LogP) is 2.34. The average molecular weight is 326 g/mol. The van der Waals surface area contributed by atoms with Crippen LogP contribution < -0.4 is 9.64 Å². The number of nitrogens with zero attached hydrogens (tertiary/aromatic N) is 4. The van der Waals surface area contributed by atoms with Crippen molar-refractivity contribution >= 4 is 12.0 Å². The van der Waals surface area contributed by atoms with E-state index in [2.05, 4.69) is 15.0 Å². The van der Waals surface area contributed by atoms with Crippen molar-refractivity contribution < 1.29 is 9.84 Å². The summed E-state index contributed by atoms with van der Waals surface area (Å²) in [5.41, 5.74) is 0.906. The summed E-state index contributed by atoms with van der Waals surface area (Å²) in [7, 11) is 0. The van der Waals surface area contributed by atoms with Gasteiger partial charge in [0.1, 0.15) is 5.82 Å². The van der Waals surface area contributed by atoms with E-state index in [9.17, 15) is 5.11 Å². The molecule has 1 aromatic heterocycles. The molecule has 1 aliphatic rings. The highest BCUT2D eigenvalue weighted by Crippen LogP contribution is 2.26. The summed E-state index contributed by atoms with van der Waals surface area (Å²) in [6.45, 7) is 5.90. The van der Waals surface area contributed by atoms with Crippen LogP contribution in [0.15, 0.2) is 47.7 Å². The lowest BCUT2D eigenvalue weighted by atomic mass is 10.2. The summed E-state index contributed by atoms with van der Waals surface area (Å²) in [5, 5.41) is 16.3. The Morgan fingerprint density at radius 3 is 2.75 bits per heavy atom. The quantitative estimate of drug-likeness (QED) is 0.855. The number of anilines is 1. The molecule has 6 nitrogen and oxygen atoms in total. The number of aromatic nitrogens is 1. The van der Waals surface area contributed by atoms with Crippen LogP contribution >= 0.6 is 0 Å². The molecule has 3 rings (SSSR count). The van der Waals surface area contributed by atoms with Crippen LogP contribution in [0, 0.1) is 0 Å². The van der Waals surface area contributed by atoms with E-state index in [-0.39, 0.29) is 5.75 Å². The number of phenols is 1. The van der Waals surface area contributed by atoms with Gasteiger partial charge in [0.05, 0.1) is 25.9 Å². The van der Waals surface area contributed by atoms with Crippen molar-refractivity contribution in [2.75, 3.05) is 37.7 Å². The van der Waals surface area contributed by atoms with Crippen LogP contribution in [0.4, 0.5) is 5.82 Å². The Labute approximate surface area is 142 Å². The van der Waals surface area contributed by atoms with E-state index in [1.807, 2.05) is 42.4 Å². The molecule has 6 heteroatoms. The van der Waals surface area contributed by atoms with Crippen LogP contribution in [-0.2, 0) is 0 Å². The molecular formula is C18H22N4O2. The molecule has 2 heterocycles. The maximum Gasteiger partial charge on any atom is 0.161 e. The second-order valence-electron chi connectivity index (χ2n) is 5.53. The number of pyridine rings is 1. The SMILES string of the molecule is CCOc1cc(/C=N/N2CCN(c3ccccn3)CC2)ccc1O. The summed E-state index contributed by atoms with van der Waals surface area (Å²) in [5.74, 6) is 1.65. The number of piperazine rings is 1. The Morgan fingerprint density at radius 2 is 2.04 bits per heavy atom. The van der Waals surface area contributed by atoms with Gasteiger partial charge in [0.15, 0.2) is 11.5 Å². The van der Waals surface area contributed by atoms with Gasteiger partial charge in [-0.1, -0.05) is 6.07 Å². The lowest BCUT2D eigenvalue weighted by Gasteiger charge is -2.33. The van der Waals surface area contributed by atoms with Crippen LogP contribution in [0.3, 0.4) is 0 Å². The number of hydrazone groups is 1. The van der Waals surface area contributed by atoms with Crippen molar-refractivity contribution in [2.24, 2.45) is 5.10 Å². The first kappa shape index (κ1) is 16.1. The molecule has 126 valence electrons. The third-order valence-electron chi connectivity index (χ3n) is 3.88. The highest BCUT2D eigenvalue weighted by atomic mass is 16.5. The van der Waals surface area contributed by atoms with Gasteiger partial charge in [0.2, 0.25) is 0 Å². The van der Waals surface area contributed by atoms with Crippen molar-refractivity contribution in [3.8, 4) is 11.5 Å². The van der Waals surface area contributed by atoms with Gasteiger partial charge in [0, 0.05) is 19.3 Å². The predicted molar refractivity (Wildman–Crippen MR) is 94.9 cm³/mol. The monoisotopic (exact) mass is 326 g/mol. The molecule has 0 bridgehead atoms. The van der Waals surface area contributed by atoms with Gasteiger partial charge in [-0.25, -0.2) is 4.98 Å². The van der Waals surface area contributed by atoms with E-state index in [0.717, 1.165) is 37.6 Å². The average Bonchev–Trinajstić information content (AvgIpc) is 2.64. The number of benzene rings is 1. The minimum atomic E-state index is 0.151. The maximum atomic E-state index is 9.73. The van der Waals surface area contributed by atoms with Gasteiger partial charge >= 0.3 is 0 Å². The summed E-state index contributed by atoms with van der Waals surface area (Å²) in [6, 6.07) is 11.2. The lowest BCUT2D eigenvalue weighted by molar-refractivity contribution is 0.271. The molecule has 1 saturated heterocycles. The fourth-order valence-corrected chi connectivity index (χ4v) is 2.61. The minimum absolute atomic E-state index is 0.151. The number of phenolic OH excluding ortho intramolecular Hbond substituents is 1. The zero-order valence-electron chi connectivity index (χ0n) is 13.8. The van der Waals surface area contributed by atoms with Crippen LogP contribution in [0.25, 0.3) is 0 Å². The fourth-order valence-electron chi connectivity index (χ4n) is 2.61. The van der Waals surface area contributed by atoms with Crippen molar-refractivity contribution in [2.45, 2.75) is 6.92 Å². The minimum Gasteiger partial charge on any atom is -0.504 e. The molecule has 0 radical (unpaired) electrons. The summed E-state index contributed by atoms with van der Waals surface area (Å²) in [4.78, 5) is 6.65. The molecule has 0 atom stereocenters. The van der Waals surface area contributed by atoms with E-state index in [1.54, 1.807) is 18.3 Å². The Balaban J connectivity index is 1.58. The Hall–Kier alpha value is -2.76. The Kier molecular flexibility index (Phi) is 5.15. The van der Waals surface area contributed by atoms with Crippen molar-refractivity contribution in [3.05, 3.63) is 48.2 Å². The molecule has 1 N–H and O–H groups in total. The highest BCUT2D eigenvalue weighted by molar-refractivity contribution is 5.80. The van der Waals surface area contributed by atoms with Gasteiger partial charge in [-0.2, -0.15) is 5.10 Å². The van der Waals surface area contributed by atoms with Crippen molar-refractivity contribution in [1.82, 2.24) is 9.99 Å². The Bertz CT molecular complexity index is 683. The molecule has 1 aromatic carbocycles. The standard InChI is InChI=1S/C18H22N4O2/c1-2-24-17-13-15(6-7-16(17)23)14-20-22-11-9-21(10-12-22)18-5-3-4-8-19-18/h3-8,13-14,23H,2,9-12H2,1H3/b20-14+. The van der Waals surface area contributed by atoms with Crippen molar-refractivity contribution in [3.63, 3.8) is 0 Å². The molecule has 1 fully saturated rings. The molecule has 0 amide bonds. The van der Waals surface area contributed by atoms with E-state index in [0.29, 0.717) is 12.4 Å². The summed E-state index contributed by atoms with van der Waals surface area (Å²) < 4.78 is 5.39. The first-order chi connectivity index (χ1) is 11.8. The van der Waals surface area contributed by atoms with E-state index >= 15 is 0 Å². The maximum absolute atomic E-state index is 9.73. The van der Waals surface area contributed by atoms with E-state index < -0.39 is 0 Å². The zero-order valence-corrected chi connectivity index (χ0v) is 13.8. The zero-order chi connectivity index (χ0) is 16.8. The van der Waals surface area contributed by atoms with Gasteiger partial charge in [-0.3, -0.25) is 5.01 Å². The number of hydrogen-bond donors (Lipinski definition) is 1. The third kappa shape index (κ3) is 3.95. The van der Waals surface area contributed by atoms with Crippen molar-refractivity contribution in [1.29, 1.82) is 0 Å². The molecule has 0 saturated carbocycles. The molecule has 0 aliphatic carbocycles. The van der Waals surface area contributed by atoms with E-state index in [1.165, 1.54) is 0 Å². The second kappa shape index (κ2) is 7.68. The molecule has 0 unspecified atom stereocenters. The molecule has 0 spiro atoms. The smallest absolute Gasteiger partial charge is 0.161 e. The lowest BCUT2D eigenvalue weighted by Crippen LogP contribution is -2.44. The van der Waals surface area contributed by atoms with Gasteiger partial charge < -0.3 is 14.7 Å². The number of ether oxygens (including phenoxy) is 1. The highest BCUT2D eigenvalue weighted by Gasteiger charge is 2.16. The third-order valence-corrected chi connectivity index (χ3v) is 3.88. The summed E-state index contributed by atoms with van der Waals surface area (Å²) in [6.07, 6.45) is 3.62. The first-order valence-corrected chi connectivity index (χ1v) is 8.17. The van der Waals surface area contributed by atoms with Crippen LogP contribution in [-0.4, -0.2) is 54.1 Å². The normalized spacial score (nSPS) is 15.0. The van der Waals surface area contributed by atoms with E-state index in [4.69, 9.17) is 4.74 Å². The molecule has 2 aromatic rings. The molecule has 1 aliphatic heterocycles. The molecular weight excluding hydrogens is 304 g/mol. The van der Waals surface area contributed by atoms with Gasteiger partial charge in [0.25, 0.3) is 0 Å². The summed E-state index contributed by atoms with van der Waals surface area (Å²) >= 11 is 0. The Morgan fingerprint density at radius 1 is 1.21 bits per heavy atom. The van der Waals surface area contributed by atoms with Crippen LogP contribution in [0.1, 0.15) is 12.5 Å². The molecule has 24 heavy (non-hydrogen) atoms. The largest absolute Gasteiger partial charge is 0.504 e. The second-order valence-corrected chi connectivity index (χ2v) is 5.53. The number of hydrogen-bond acceptors (Lipinski definition) is 6. The topological polar surface area (TPSA) is 61.2 Å². The fraction of sp³-hybridized carbons (Fsp3) is 0.333.